The molecule has 0 bridgehead atoms. The smallest absolute Gasteiger partial charge is 0.315 e. The van der Waals surface area contributed by atoms with E-state index >= 15 is 0 Å². The number of fused-ring (bicyclic) bond motifs is 4. The van der Waals surface area contributed by atoms with Crippen LogP contribution in [0.3, 0.4) is 0 Å². The summed E-state index contributed by atoms with van der Waals surface area (Å²) in [6.45, 7) is 3.18. The van der Waals surface area contributed by atoms with Gasteiger partial charge in [0, 0.05) is 24.8 Å². The van der Waals surface area contributed by atoms with Crippen LogP contribution in [0.25, 0.3) is 0 Å². The second kappa shape index (κ2) is 4.81. The van der Waals surface area contributed by atoms with Crippen LogP contribution >= 0.6 is 0 Å². The number of ether oxygens (including phenoxy) is 1. The minimum absolute atomic E-state index is 0.0439. The molecule has 3 aliphatic heterocycles. The van der Waals surface area contributed by atoms with Crippen molar-refractivity contribution in [1.29, 1.82) is 0 Å². The highest BCUT2D eigenvalue weighted by Gasteiger charge is 2.67. The second-order valence-electron chi connectivity index (χ2n) is 6.49. The summed E-state index contributed by atoms with van der Waals surface area (Å²) in [4.78, 5) is 26.5. The quantitative estimate of drug-likeness (QED) is 0.781. The number of benzene rings is 1. The maximum atomic E-state index is 12.8. The van der Waals surface area contributed by atoms with Gasteiger partial charge < -0.3 is 15.0 Å². The monoisotopic (exact) mass is 301 g/mol. The molecule has 116 valence electrons. The minimum Gasteiger partial charge on any atom is -0.466 e. The topological polar surface area (TPSA) is 59.8 Å². The third-order valence-electron chi connectivity index (χ3n) is 5.58. The number of esters is 1. The number of hydrogen-bond donors (Lipinski definition) is 2. The van der Waals surface area contributed by atoms with Crippen molar-refractivity contribution in [1.82, 2.24) is 0 Å². The van der Waals surface area contributed by atoms with Gasteiger partial charge in [0.25, 0.3) is 5.91 Å². The zero-order valence-electron chi connectivity index (χ0n) is 12.7. The van der Waals surface area contributed by atoms with E-state index in [0.29, 0.717) is 13.0 Å². The number of amides is 1. The van der Waals surface area contributed by atoms with Crippen LogP contribution < -0.4 is 10.2 Å². The molecule has 1 aromatic carbocycles. The molecule has 2 fully saturated rings. The molecule has 0 aromatic heterocycles. The zero-order chi connectivity index (χ0) is 15.3. The highest BCUT2D eigenvalue weighted by atomic mass is 16.5. The summed E-state index contributed by atoms with van der Waals surface area (Å²) in [7, 11) is 0. The predicted molar refractivity (Wildman–Crippen MR) is 80.3 cm³/mol. The van der Waals surface area contributed by atoms with E-state index in [4.69, 9.17) is 4.74 Å². The summed E-state index contributed by atoms with van der Waals surface area (Å²) in [5, 5.41) is 3.02. The number of carbonyl (C=O) groups is 2. The number of para-hydroxylation sites is 1. The first-order valence-corrected chi connectivity index (χ1v) is 8.12. The standard InChI is InChI=1S/C17H20N2O3/c1-2-22-15(20)11-10-17(19-9-5-8-14(11)19)12-6-3-4-7-13(12)18-16(17)21/h3-4,6-7,11,14H,2,5,8-10H2,1H3,(H,18,21)/p+1/t11-,14+,17+/m0/s1. The van der Waals surface area contributed by atoms with E-state index in [1.807, 2.05) is 31.2 Å². The first-order chi connectivity index (χ1) is 10.7. The first kappa shape index (κ1) is 13.8. The van der Waals surface area contributed by atoms with Crippen molar-refractivity contribution in [2.24, 2.45) is 5.92 Å². The normalized spacial score (nSPS) is 35.3. The SMILES string of the molecule is CCOC(=O)[C@H]1C[C@@]2(C(=O)Nc3ccccc32)[NH+]2CCC[C@H]12. The Labute approximate surface area is 129 Å². The Hall–Kier alpha value is -1.88. The minimum atomic E-state index is -0.602. The van der Waals surface area contributed by atoms with Crippen LogP contribution in [0.15, 0.2) is 24.3 Å². The number of anilines is 1. The summed E-state index contributed by atoms with van der Waals surface area (Å²) in [6.07, 6.45) is 2.62. The van der Waals surface area contributed by atoms with Crippen LogP contribution in [0.2, 0.25) is 0 Å². The Kier molecular flexibility index (Phi) is 3.01. The van der Waals surface area contributed by atoms with E-state index in [1.165, 1.54) is 4.90 Å². The van der Waals surface area contributed by atoms with Crippen molar-refractivity contribution < 1.29 is 19.2 Å². The van der Waals surface area contributed by atoms with E-state index in [9.17, 15) is 9.59 Å². The fourth-order valence-corrected chi connectivity index (χ4v) is 4.78. The van der Waals surface area contributed by atoms with Crippen LogP contribution in [0.5, 0.6) is 0 Å². The summed E-state index contributed by atoms with van der Waals surface area (Å²) in [5.74, 6) is -0.266. The van der Waals surface area contributed by atoms with E-state index < -0.39 is 5.54 Å². The molecule has 4 atom stereocenters. The number of nitrogens with one attached hydrogen (secondary N) is 2. The van der Waals surface area contributed by atoms with Gasteiger partial charge in [0.2, 0.25) is 5.54 Å². The van der Waals surface area contributed by atoms with Gasteiger partial charge in [0.1, 0.15) is 12.0 Å². The maximum absolute atomic E-state index is 12.8. The van der Waals surface area contributed by atoms with Gasteiger partial charge in [-0.2, -0.15) is 0 Å². The van der Waals surface area contributed by atoms with Crippen molar-refractivity contribution in [3.63, 3.8) is 0 Å². The highest BCUT2D eigenvalue weighted by molar-refractivity contribution is 6.05. The number of hydrogen-bond acceptors (Lipinski definition) is 3. The Bertz CT molecular complexity index is 645. The lowest BCUT2D eigenvalue weighted by molar-refractivity contribution is -0.947. The van der Waals surface area contributed by atoms with E-state index in [1.54, 1.807) is 0 Å². The summed E-state index contributed by atoms with van der Waals surface area (Å²) >= 11 is 0. The van der Waals surface area contributed by atoms with Crippen molar-refractivity contribution in [3.8, 4) is 0 Å². The fourth-order valence-electron chi connectivity index (χ4n) is 4.78. The Morgan fingerprint density at radius 1 is 1.45 bits per heavy atom. The van der Waals surface area contributed by atoms with Gasteiger partial charge in [0.05, 0.1) is 18.8 Å². The van der Waals surface area contributed by atoms with E-state index in [-0.39, 0.29) is 23.8 Å². The number of carbonyl (C=O) groups excluding carboxylic acids is 2. The Balaban J connectivity index is 1.79. The van der Waals surface area contributed by atoms with E-state index in [2.05, 4.69) is 5.32 Å². The van der Waals surface area contributed by atoms with Gasteiger partial charge in [-0.15, -0.1) is 0 Å². The van der Waals surface area contributed by atoms with Crippen molar-refractivity contribution in [2.75, 3.05) is 18.5 Å². The molecule has 1 aromatic rings. The fraction of sp³-hybridized carbons (Fsp3) is 0.529. The molecule has 0 saturated carbocycles. The molecule has 1 spiro atoms. The molecule has 1 amide bonds. The molecule has 3 heterocycles. The Morgan fingerprint density at radius 3 is 3.09 bits per heavy atom. The van der Waals surface area contributed by atoms with Gasteiger partial charge in [0.15, 0.2) is 0 Å². The number of rotatable bonds is 2. The summed E-state index contributed by atoms with van der Waals surface area (Å²) < 4.78 is 5.28. The predicted octanol–water partition coefficient (Wildman–Crippen LogP) is 0.464. The van der Waals surface area contributed by atoms with Crippen LogP contribution in [0.4, 0.5) is 5.69 Å². The Morgan fingerprint density at radius 2 is 2.27 bits per heavy atom. The summed E-state index contributed by atoms with van der Waals surface area (Å²) in [6, 6.07) is 8.10. The summed E-state index contributed by atoms with van der Waals surface area (Å²) in [5.41, 5.74) is 1.35. The van der Waals surface area contributed by atoms with Crippen LogP contribution in [0.1, 0.15) is 31.7 Å². The maximum Gasteiger partial charge on any atom is 0.315 e. The molecule has 3 aliphatic rings. The second-order valence-corrected chi connectivity index (χ2v) is 6.49. The van der Waals surface area contributed by atoms with E-state index in [0.717, 1.165) is 30.6 Å². The molecule has 5 nitrogen and oxygen atoms in total. The molecular weight excluding hydrogens is 280 g/mol. The van der Waals surface area contributed by atoms with Gasteiger partial charge in [-0.05, 0) is 13.0 Å². The zero-order valence-corrected chi connectivity index (χ0v) is 12.7. The molecule has 0 radical (unpaired) electrons. The third kappa shape index (κ3) is 1.63. The molecule has 4 rings (SSSR count). The van der Waals surface area contributed by atoms with Gasteiger partial charge >= 0.3 is 5.97 Å². The van der Waals surface area contributed by atoms with Crippen LogP contribution in [-0.2, 0) is 19.9 Å². The molecule has 5 heteroatoms. The van der Waals surface area contributed by atoms with Crippen molar-refractivity contribution in [2.45, 2.75) is 37.8 Å². The molecule has 22 heavy (non-hydrogen) atoms. The van der Waals surface area contributed by atoms with Crippen molar-refractivity contribution >= 4 is 17.6 Å². The molecule has 2 saturated heterocycles. The molecule has 1 unspecified atom stereocenters. The lowest BCUT2D eigenvalue weighted by Crippen LogP contribution is -3.19. The highest BCUT2D eigenvalue weighted by Crippen LogP contribution is 2.44. The average Bonchev–Trinajstić information content (AvgIpc) is 3.16. The first-order valence-electron chi connectivity index (χ1n) is 8.12. The lowest BCUT2D eigenvalue weighted by Gasteiger charge is -2.29. The van der Waals surface area contributed by atoms with Gasteiger partial charge in [-0.1, -0.05) is 18.2 Å². The van der Waals surface area contributed by atoms with Crippen LogP contribution in [0, 0.1) is 5.92 Å². The molecular formula is C17H21N2O3+. The molecule has 2 N–H and O–H groups in total. The lowest BCUT2D eigenvalue weighted by atomic mass is 9.84. The number of quaternary nitrogens is 1. The van der Waals surface area contributed by atoms with Gasteiger partial charge in [-0.25, -0.2) is 0 Å². The van der Waals surface area contributed by atoms with Crippen molar-refractivity contribution in [3.05, 3.63) is 29.8 Å². The largest absolute Gasteiger partial charge is 0.466 e. The average molecular weight is 301 g/mol. The van der Waals surface area contributed by atoms with Gasteiger partial charge in [-0.3, -0.25) is 9.59 Å². The third-order valence-corrected chi connectivity index (χ3v) is 5.58. The van der Waals surface area contributed by atoms with Crippen LogP contribution in [-0.4, -0.2) is 31.1 Å². The molecule has 0 aliphatic carbocycles.